The summed E-state index contributed by atoms with van der Waals surface area (Å²) in [4.78, 5) is 77.7. The van der Waals surface area contributed by atoms with Crippen molar-refractivity contribution in [3.05, 3.63) is 59.7 Å². The second-order valence-electron chi connectivity index (χ2n) is 18.9. The number of guanidine groups is 2. The molecule has 1 fully saturated rings. The van der Waals surface area contributed by atoms with Crippen molar-refractivity contribution in [1.82, 2.24) is 20.4 Å². The van der Waals surface area contributed by atoms with Crippen molar-refractivity contribution in [3.8, 4) is 5.75 Å². The molecule has 2 aliphatic heterocycles. The summed E-state index contributed by atoms with van der Waals surface area (Å²) < 4.78 is 27.3. The van der Waals surface area contributed by atoms with Crippen LogP contribution in [-0.2, 0) is 18.9 Å². The molecule has 2 aliphatic rings. The first-order valence-corrected chi connectivity index (χ1v) is 20.8. The topological polar surface area (TPSA) is 202 Å². The molecule has 0 spiro atoms. The fourth-order valence-corrected chi connectivity index (χ4v) is 6.23. The van der Waals surface area contributed by atoms with Gasteiger partial charge < -0.3 is 43.7 Å². The van der Waals surface area contributed by atoms with Crippen molar-refractivity contribution in [1.29, 1.82) is 0 Å². The molecule has 5 amide bonds. The van der Waals surface area contributed by atoms with Gasteiger partial charge in [-0.05, 0) is 125 Å². The van der Waals surface area contributed by atoms with Crippen molar-refractivity contribution in [2.24, 2.45) is 9.98 Å². The first-order chi connectivity index (χ1) is 29.2. The fourth-order valence-electron chi connectivity index (χ4n) is 6.23. The number of nitrogens with zero attached hydrogens (tertiary/aromatic N) is 5. The van der Waals surface area contributed by atoms with Crippen LogP contribution in [0.5, 0.6) is 5.75 Å². The highest BCUT2D eigenvalue weighted by Crippen LogP contribution is 2.32. The molecule has 0 bridgehead atoms. The normalized spacial score (nSPS) is 15.4. The number of benzene rings is 2. The second-order valence-corrected chi connectivity index (χ2v) is 18.9. The van der Waals surface area contributed by atoms with Crippen LogP contribution in [0.1, 0.15) is 105 Å². The third-order valence-electron chi connectivity index (χ3n) is 8.79. The Hall–Kier alpha value is -6.33. The molecule has 18 nitrogen and oxygen atoms in total. The summed E-state index contributed by atoms with van der Waals surface area (Å²) in [7, 11) is 1.56. The second kappa shape index (κ2) is 20.2. The summed E-state index contributed by atoms with van der Waals surface area (Å²) in [5.41, 5.74) is 0.681. The zero-order valence-corrected chi connectivity index (χ0v) is 38.9. The first kappa shape index (κ1) is 49.3. The molecule has 344 valence electrons. The molecule has 0 saturated carbocycles. The molecular formula is C45H64N8O10. The summed E-state index contributed by atoms with van der Waals surface area (Å²) in [5.74, 6) is 0.298. The number of aliphatic imine (C=N–C) groups is 2. The number of amides is 5. The third-order valence-corrected chi connectivity index (χ3v) is 8.79. The predicted molar refractivity (Wildman–Crippen MR) is 241 cm³/mol. The highest BCUT2D eigenvalue weighted by molar-refractivity contribution is 6.05. The van der Waals surface area contributed by atoms with E-state index in [9.17, 15) is 24.0 Å². The average Bonchev–Trinajstić information content (AvgIpc) is 3.14. The lowest BCUT2D eigenvalue weighted by Crippen LogP contribution is -2.54. The van der Waals surface area contributed by atoms with Crippen LogP contribution < -0.4 is 25.6 Å². The number of piperazine rings is 1. The van der Waals surface area contributed by atoms with E-state index >= 15 is 0 Å². The van der Waals surface area contributed by atoms with Crippen molar-refractivity contribution in [3.63, 3.8) is 0 Å². The Morgan fingerprint density at radius 1 is 0.603 bits per heavy atom. The maximum absolute atomic E-state index is 13.4. The molecule has 0 unspecified atom stereocenters. The van der Waals surface area contributed by atoms with Gasteiger partial charge in [0.15, 0.2) is 0 Å². The van der Waals surface area contributed by atoms with E-state index in [0.717, 1.165) is 16.8 Å². The molecule has 0 aliphatic carbocycles. The maximum atomic E-state index is 13.4. The molecule has 4 rings (SSSR count). The molecule has 2 heterocycles. The van der Waals surface area contributed by atoms with Gasteiger partial charge in [-0.2, -0.15) is 0 Å². The van der Waals surface area contributed by atoms with Crippen LogP contribution in [0.3, 0.4) is 0 Å². The van der Waals surface area contributed by atoms with E-state index in [2.05, 4.69) is 30.8 Å². The molecule has 2 aromatic rings. The Morgan fingerprint density at radius 2 is 1.10 bits per heavy atom. The molecule has 0 aromatic heterocycles. The summed E-state index contributed by atoms with van der Waals surface area (Å²) >= 11 is 0. The number of rotatable bonds is 5. The minimum atomic E-state index is -0.837. The van der Waals surface area contributed by atoms with Gasteiger partial charge in [0.25, 0.3) is 5.91 Å². The smallest absolute Gasteiger partial charge is 0.437 e. The molecular weight excluding hydrogens is 813 g/mol. The standard InChI is InChI=1S/C45H64N8O10/c1-42(2,3)60-38(55)47-36(48-39(56)61-43(4,5)6)52-22-20-30(21-23-52)29-14-16-31(17-15-29)35(54)46-32-18-19-33(34(28-32)59-13)51-24-26-53(27-25-51)37(49-40(57)62-44(7,8)9)50-41(58)63-45(10,11)12/h14-20,28H,21-27H2,1-13H3,(H,46,54)(H,47,48,55,56)(H,49,50,57,58). The molecule has 0 radical (unpaired) electrons. The number of hydrogen-bond acceptors (Lipinski definition) is 11. The highest BCUT2D eigenvalue weighted by Gasteiger charge is 2.28. The maximum Gasteiger partial charge on any atom is 0.437 e. The Morgan fingerprint density at radius 3 is 1.54 bits per heavy atom. The largest absolute Gasteiger partial charge is 0.495 e. The van der Waals surface area contributed by atoms with Crippen molar-refractivity contribution < 1.29 is 47.7 Å². The number of anilines is 2. The number of carbonyl (C=O) groups is 5. The van der Waals surface area contributed by atoms with Gasteiger partial charge in [-0.15, -0.1) is 9.98 Å². The zero-order chi connectivity index (χ0) is 46.9. The van der Waals surface area contributed by atoms with Gasteiger partial charge in [0.2, 0.25) is 11.9 Å². The fraction of sp³-hybridized carbons (Fsp3) is 0.533. The number of carbonyl (C=O) groups excluding carboxylic acids is 5. The molecule has 18 heteroatoms. The number of ether oxygens (including phenoxy) is 5. The van der Waals surface area contributed by atoms with Gasteiger partial charge >= 0.3 is 24.4 Å². The van der Waals surface area contributed by atoms with Crippen LogP contribution in [0.4, 0.5) is 30.6 Å². The zero-order valence-electron chi connectivity index (χ0n) is 38.9. The van der Waals surface area contributed by atoms with Crippen LogP contribution in [-0.4, -0.2) is 121 Å². The van der Waals surface area contributed by atoms with E-state index in [4.69, 9.17) is 23.7 Å². The van der Waals surface area contributed by atoms with E-state index in [1.54, 1.807) is 124 Å². The van der Waals surface area contributed by atoms with Gasteiger partial charge in [-0.25, -0.2) is 19.2 Å². The van der Waals surface area contributed by atoms with Crippen LogP contribution in [0.15, 0.2) is 58.5 Å². The number of methoxy groups -OCH3 is 1. The van der Waals surface area contributed by atoms with Gasteiger partial charge in [0, 0.05) is 56.6 Å². The van der Waals surface area contributed by atoms with Crippen molar-refractivity contribution >= 4 is 59.1 Å². The molecule has 1 saturated heterocycles. The van der Waals surface area contributed by atoms with Gasteiger partial charge in [-0.1, -0.05) is 18.2 Å². The van der Waals surface area contributed by atoms with Crippen LogP contribution in [0.25, 0.3) is 5.57 Å². The minimum absolute atomic E-state index is 0.0263. The van der Waals surface area contributed by atoms with Crippen LogP contribution in [0.2, 0.25) is 0 Å². The quantitative estimate of drug-likeness (QED) is 0.149. The molecule has 63 heavy (non-hydrogen) atoms. The first-order valence-electron chi connectivity index (χ1n) is 20.8. The minimum Gasteiger partial charge on any atom is -0.495 e. The number of hydrogen-bond donors (Lipinski definition) is 3. The van der Waals surface area contributed by atoms with E-state index in [0.29, 0.717) is 62.7 Å². The van der Waals surface area contributed by atoms with Crippen LogP contribution in [0, 0.1) is 0 Å². The van der Waals surface area contributed by atoms with Gasteiger partial charge in [0.1, 0.15) is 28.2 Å². The lowest BCUT2D eigenvalue weighted by molar-refractivity contribution is 0.0536. The summed E-state index contributed by atoms with van der Waals surface area (Å²) in [6, 6.07) is 12.7. The lowest BCUT2D eigenvalue weighted by Gasteiger charge is -2.38. The third kappa shape index (κ3) is 16.5. The van der Waals surface area contributed by atoms with E-state index in [-0.39, 0.29) is 17.8 Å². The van der Waals surface area contributed by atoms with E-state index < -0.39 is 46.8 Å². The Labute approximate surface area is 370 Å². The van der Waals surface area contributed by atoms with Crippen LogP contribution >= 0.6 is 0 Å². The Kier molecular flexibility index (Phi) is 15.8. The SMILES string of the molecule is COc1cc(NC(=O)c2ccc(C3=CCN(C(=NC(=O)OC(C)(C)C)NC(=O)OC(C)(C)C)CC3)cc2)ccc1N1CCN(C(=NC(=O)OC(C)(C)C)NC(=O)OC(C)(C)C)CC1. The van der Waals surface area contributed by atoms with Gasteiger partial charge in [0.05, 0.1) is 12.8 Å². The monoisotopic (exact) mass is 876 g/mol. The van der Waals surface area contributed by atoms with E-state index in [1.165, 1.54) is 0 Å². The summed E-state index contributed by atoms with van der Waals surface area (Å²) in [6.07, 6.45) is -0.613. The number of nitrogens with one attached hydrogen (secondary N) is 3. The molecule has 0 atom stereocenters. The molecule has 3 N–H and O–H groups in total. The summed E-state index contributed by atoms with van der Waals surface area (Å²) in [5, 5.41) is 8.17. The predicted octanol–water partition coefficient (Wildman–Crippen LogP) is 7.79. The average molecular weight is 877 g/mol. The van der Waals surface area contributed by atoms with Crippen molar-refractivity contribution in [2.45, 2.75) is 112 Å². The van der Waals surface area contributed by atoms with Gasteiger partial charge in [-0.3, -0.25) is 15.4 Å². The van der Waals surface area contributed by atoms with E-state index in [1.807, 2.05) is 24.3 Å². The number of alkyl carbamates (subject to hydrolysis) is 2. The Balaban J connectivity index is 1.40. The van der Waals surface area contributed by atoms with Crippen molar-refractivity contribution in [2.75, 3.05) is 56.6 Å². The Bertz CT molecular complexity index is 2080. The summed E-state index contributed by atoms with van der Waals surface area (Å²) in [6.45, 7) is 23.4. The molecule has 2 aromatic carbocycles. The lowest BCUT2D eigenvalue weighted by atomic mass is 9.98. The highest BCUT2D eigenvalue weighted by atomic mass is 16.6.